The number of nitrogens with zero attached hydrogens (tertiary/aromatic N) is 6. The van der Waals surface area contributed by atoms with Gasteiger partial charge in [-0.2, -0.15) is 0 Å². The van der Waals surface area contributed by atoms with Gasteiger partial charge in [0.25, 0.3) is 0 Å². The van der Waals surface area contributed by atoms with Crippen molar-refractivity contribution < 1.29 is 4.74 Å². The summed E-state index contributed by atoms with van der Waals surface area (Å²) in [5.41, 5.74) is 4.61. The predicted molar refractivity (Wildman–Crippen MR) is 147 cm³/mol. The molecule has 2 saturated heterocycles. The van der Waals surface area contributed by atoms with Gasteiger partial charge in [0.1, 0.15) is 5.82 Å². The Morgan fingerprint density at radius 3 is 2.73 bits per heavy atom. The minimum absolute atomic E-state index is 0.527. The molecule has 3 aromatic rings. The number of pyridine rings is 2. The molecular weight excluding hydrogens is 462 g/mol. The van der Waals surface area contributed by atoms with Crippen molar-refractivity contribution in [3.05, 3.63) is 54.1 Å². The second kappa shape index (κ2) is 12.6. The first kappa shape index (κ1) is 25.1. The number of aromatic nitrogens is 4. The molecule has 5 heterocycles. The molecule has 0 amide bonds. The molecular formula is C29H35N7O. The molecule has 37 heavy (non-hydrogen) atoms. The van der Waals surface area contributed by atoms with Crippen LogP contribution in [0.1, 0.15) is 50.3 Å². The summed E-state index contributed by atoms with van der Waals surface area (Å²) in [4.78, 5) is 23.4. The van der Waals surface area contributed by atoms with Crippen LogP contribution in [0.3, 0.4) is 0 Å². The van der Waals surface area contributed by atoms with E-state index in [4.69, 9.17) is 14.7 Å². The molecule has 0 spiro atoms. The average Bonchev–Trinajstić information content (AvgIpc) is 3.34. The van der Waals surface area contributed by atoms with Gasteiger partial charge in [-0.1, -0.05) is 18.8 Å². The molecule has 5 rings (SSSR count). The highest BCUT2D eigenvalue weighted by molar-refractivity contribution is 5.67. The Balaban J connectivity index is 1.30. The van der Waals surface area contributed by atoms with Crippen molar-refractivity contribution in [2.24, 2.45) is 0 Å². The maximum Gasteiger partial charge on any atom is 0.227 e. The largest absolute Gasteiger partial charge is 0.380 e. The van der Waals surface area contributed by atoms with Crippen LogP contribution in [0.25, 0.3) is 11.3 Å². The van der Waals surface area contributed by atoms with Gasteiger partial charge in [0.15, 0.2) is 0 Å². The van der Waals surface area contributed by atoms with Gasteiger partial charge in [-0.25, -0.2) is 15.0 Å². The molecule has 0 aliphatic carbocycles. The first-order valence-electron chi connectivity index (χ1n) is 13.4. The van der Waals surface area contributed by atoms with E-state index in [1.165, 1.54) is 12.8 Å². The molecule has 0 aromatic carbocycles. The summed E-state index contributed by atoms with van der Waals surface area (Å²) in [6, 6.07) is 8.10. The van der Waals surface area contributed by atoms with Crippen LogP contribution in [0.4, 0.5) is 17.5 Å². The van der Waals surface area contributed by atoms with E-state index >= 15 is 0 Å². The second-order valence-electron chi connectivity index (χ2n) is 9.51. The second-order valence-corrected chi connectivity index (χ2v) is 9.51. The van der Waals surface area contributed by atoms with Gasteiger partial charge < -0.3 is 15.0 Å². The van der Waals surface area contributed by atoms with Crippen LogP contribution in [0.15, 0.2) is 42.9 Å². The zero-order valence-corrected chi connectivity index (χ0v) is 21.6. The van der Waals surface area contributed by atoms with Gasteiger partial charge >= 0.3 is 0 Å². The summed E-state index contributed by atoms with van der Waals surface area (Å²) in [5, 5.41) is 3.29. The van der Waals surface area contributed by atoms with E-state index in [0.29, 0.717) is 5.95 Å². The lowest BCUT2D eigenvalue weighted by Gasteiger charge is -2.18. The summed E-state index contributed by atoms with van der Waals surface area (Å²) >= 11 is 0. The number of rotatable bonds is 7. The van der Waals surface area contributed by atoms with Gasteiger partial charge in [0.2, 0.25) is 5.95 Å². The molecule has 1 N–H and O–H groups in total. The highest BCUT2D eigenvalue weighted by Gasteiger charge is 2.18. The summed E-state index contributed by atoms with van der Waals surface area (Å²) in [6.45, 7) is 8.68. The number of hydrogen-bond donors (Lipinski definition) is 1. The predicted octanol–water partition coefficient (Wildman–Crippen LogP) is 4.65. The quantitative estimate of drug-likeness (QED) is 0.473. The van der Waals surface area contributed by atoms with Crippen LogP contribution in [-0.2, 0) is 11.3 Å². The van der Waals surface area contributed by atoms with Crippen LogP contribution in [0.2, 0.25) is 0 Å². The minimum Gasteiger partial charge on any atom is -0.380 e. The lowest BCUT2D eigenvalue weighted by Crippen LogP contribution is -2.26. The maximum atomic E-state index is 5.55. The summed E-state index contributed by atoms with van der Waals surface area (Å²) in [7, 11) is 0. The SMILES string of the molecule is CCCC#Cc1cc(-c2ccnc(Nc3ccc(CN4CCCOCC4)nc3)n2)cnc1N1CCCC1. The fraction of sp³-hybridized carbons (Fsp3) is 0.448. The lowest BCUT2D eigenvalue weighted by molar-refractivity contribution is 0.140. The Bertz CT molecular complexity index is 1220. The monoisotopic (exact) mass is 497 g/mol. The van der Waals surface area contributed by atoms with E-state index in [0.717, 1.165) is 99.2 Å². The molecule has 0 radical (unpaired) electrons. The van der Waals surface area contributed by atoms with E-state index in [2.05, 4.69) is 56.0 Å². The zero-order valence-electron chi connectivity index (χ0n) is 21.6. The third-order valence-corrected chi connectivity index (χ3v) is 6.60. The van der Waals surface area contributed by atoms with Gasteiger partial charge in [0, 0.05) is 63.7 Å². The molecule has 2 aliphatic rings. The van der Waals surface area contributed by atoms with Crippen LogP contribution in [0.5, 0.6) is 0 Å². The Labute approximate surface area is 219 Å². The van der Waals surface area contributed by atoms with Crippen LogP contribution in [0, 0.1) is 11.8 Å². The summed E-state index contributed by atoms with van der Waals surface area (Å²) in [5.74, 6) is 8.16. The maximum absolute atomic E-state index is 5.55. The number of unbranched alkanes of at least 4 members (excludes halogenated alkanes) is 1. The first-order valence-corrected chi connectivity index (χ1v) is 13.4. The van der Waals surface area contributed by atoms with Crippen molar-refractivity contribution in [2.75, 3.05) is 49.6 Å². The molecule has 8 heteroatoms. The Hall–Kier alpha value is -3.54. The van der Waals surface area contributed by atoms with Crippen molar-refractivity contribution in [1.29, 1.82) is 0 Å². The number of nitrogens with one attached hydrogen (secondary N) is 1. The molecule has 0 unspecified atom stereocenters. The van der Waals surface area contributed by atoms with Crippen molar-refractivity contribution in [3.8, 4) is 23.1 Å². The molecule has 2 aliphatic heterocycles. The van der Waals surface area contributed by atoms with E-state index in [-0.39, 0.29) is 0 Å². The molecule has 3 aromatic heterocycles. The third kappa shape index (κ3) is 6.82. The van der Waals surface area contributed by atoms with Gasteiger partial charge in [-0.05, 0) is 49.9 Å². The highest BCUT2D eigenvalue weighted by atomic mass is 16.5. The fourth-order valence-electron chi connectivity index (χ4n) is 4.64. The molecule has 0 atom stereocenters. The van der Waals surface area contributed by atoms with Gasteiger partial charge in [-0.3, -0.25) is 9.88 Å². The Morgan fingerprint density at radius 1 is 0.973 bits per heavy atom. The highest BCUT2D eigenvalue weighted by Crippen LogP contribution is 2.27. The third-order valence-electron chi connectivity index (χ3n) is 6.60. The standard InChI is InChI=1S/C29H35N7O/c1-2-3-4-8-23-19-24(20-32-28(23)36-14-5-6-15-36)27-11-12-30-29(34-27)33-25-9-10-26(31-21-25)22-35-13-7-17-37-18-16-35/h9-12,19-21H,2-3,5-7,13-18,22H2,1H3,(H,30,33,34). The smallest absolute Gasteiger partial charge is 0.227 e. The summed E-state index contributed by atoms with van der Waals surface area (Å²) < 4.78 is 5.55. The van der Waals surface area contributed by atoms with Crippen molar-refractivity contribution in [1.82, 2.24) is 24.8 Å². The summed E-state index contributed by atoms with van der Waals surface area (Å²) in [6.07, 6.45) is 10.9. The molecule has 0 bridgehead atoms. The molecule has 192 valence electrons. The minimum atomic E-state index is 0.527. The van der Waals surface area contributed by atoms with Crippen molar-refractivity contribution in [2.45, 2.75) is 45.6 Å². The van der Waals surface area contributed by atoms with Gasteiger partial charge in [0.05, 0.1) is 35.4 Å². The van der Waals surface area contributed by atoms with Crippen molar-refractivity contribution in [3.63, 3.8) is 0 Å². The molecule has 0 saturated carbocycles. The van der Waals surface area contributed by atoms with Crippen LogP contribution >= 0.6 is 0 Å². The van der Waals surface area contributed by atoms with E-state index < -0.39 is 0 Å². The van der Waals surface area contributed by atoms with Crippen LogP contribution in [-0.4, -0.2) is 64.2 Å². The number of ether oxygens (including phenoxy) is 1. The van der Waals surface area contributed by atoms with Gasteiger partial charge in [-0.15, -0.1) is 0 Å². The Morgan fingerprint density at radius 2 is 1.89 bits per heavy atom. The topological polar surface area (TPSA) is 79.3 Å². The first-order chi connectivity index (χ1) is 18.3. The number of anilines is 3. The molecule has 2 fully saturated rings. The van der Waals surface area contributed by atoms with E-state index in [1.54, 1.807) is 6.20 Å². The van der Waals surface area contributed by atoms with Crippen LogP contribution < -0.4 is 10.2 Å². The van der Waals surface area contributed by atoms with E-state index in [1.807, 2.05) is 24.5 Å². The number of hydrogen-bond acceptors (Lipinski definition) is 8. The molecule has 8 nitrogen and oxygen atoms in total. The van der Waals surface area contributed by atoms with E-state index in [9.17, 15) is 0 Å². The Kier molecular flexibility index (Phi) is 8.57. The lowest BCUT2D eigenvalue weighted by atomic mass is 10.1. The normalized spacial score (nSPS) is 16.2. The average molecular weight is 498 g/mol. The fourth-order valence-corrected chi connectivity index (χ4v) is 4.64. The van der Waals surface area contributed by atoms with Crippen molar-refractivity contribution >= 4 is 17.5 Å². The zero-order chi connectivity index (χ0) is 25.3.